The molecule has 2 N–H and O–H groups in total. The zero-order valence-corrected chi connectivity index (χ0v) is 13.1. The number of fused-ring (bicyclic) bond motifs is 1. The van der Waals surface area contributed by atoms with Crippen LogP contribution in [0.25, 0.3) is 10.9 Å². The molecule has 0 aliphatic rings. The number of aromatic amines is 1. The normalized spacial score (nSPS) is 11.5. The Bertz CT molecular complexity index is 905. The van der Waals surface area contributed by atoms with E-state index in [0.29, 0.717) is 16.8 Å². The Balaban J connectivity index is 2.13. The molecule has 0 saturated carbocycles. The second kappa shape index (κ2) is 6.46. The van der Waals surface area contributed by atoms with Crippen molar-refractivity contribution in [3.05, 3.63) is 54.0 Å². The van der Waals surface area contributed by atoms with Crippen LogP contribution in [0.2, 0.25) is 0 Å². The van der Waals surface area contributed by atoms with Crippen molar-refractivity contribution in [2.75, 3.05) is 11.9 Å². The Morgan fingerprint density at radius 1 is 1.24 bits per heavy atom. The van der Waals surface area contributed by atoms with Gasteiger partial charge in [-0.1, -0.05) is 6.07 Å². The number of rotatable bonds is 4. The van der Waals surface area contributed by atoms with Gasteiger partial charge in [-0.3, -0.25) is 4.98 Å². The summed E-state index contributed by atoms with van der Waals surface area (Å²) in [4.78, 5) is 18.8. The van der Waals surface area contributed by atoms with Crippen LogP contribution in [-0.4, -0.2) is 22.5 Å². The van der Waals surface area contributed by atoms with E-state index >= 15 is 0 Å². The lowest BCUT2D eigenvalue weighted by Gasteiger charge is -2.08. The van der Waals surface area contributed by atoms with E-state index in [-0.39, 0.29) is 17.8 Å². The van der Waals surface area contributed by atoms with Crippen molar-refractivity contribution < 1.29 is 22.7 Å². The minimum absolute atomic E-state index is 0.0630. The van der Waals surface area contributed by atoms with Crippen LogP contribution >= 0.6 is 0 Å². The van der Waals surface area contributed by atoms with Crippen LogP contribution in [0, 0.1) is 0 Å². The first-order valence-electron chi connectivity index (χ1n) is 7.47. The summed E-state index contributed by atoms with van der Waals surface area (Å²) in [6, 6.07) is 6.62. The molecule has 5 nitrogen and oxygen atoms in total. The average Bonchev–Trinajstić information content (AvgIpc) is 2.93. The molecule has 0 unspecified atom stereocenters. The number of H-pyrrole nitrogens is 1. The van der Waals surface area contributed by atoms with Crippen LogP contribution in [-0.2, 0) is 10.9 Å². The monoisotopic (exact) mass is 349 g/mol. The van der Waals surface area contributed by atoms with E-state index in [4.69, 9.17) is 4.74 Å². The van der Waals surface area contributed by atoms with Crippen LogP contribution in [0.3, 0.4) is 0 Å². The summed E-state index contributed by atoms with van der Waals surface area (Å²) < 4.78 is 43.8. The van der Waals surface area contributed by atoms with Crippen LogP contribution in [0.1, 0.15) is 23.0 Å². The number of alkyl halides is 3. The van der Waals surface area contributed by atoms with Gasteiger partial charge < -0.3 is 15.0 Å². The number of aromatic nitrogens is 2. The number of nitrogens with zero attached hydrogens (tertiary/aromatic N) is 1. The van der Waals surface area contributed by atoms with Gasteiger partial charge in [0.1, 0.15) is 5.69 Å². The Labute approximate surface area is 140 Å². The number of esters is 1. The van der Waals surface area contributed by atoms with E-state index in [2.05, 4.69) is 15.3 Å². The van der Waals surface area contributed by atoms with E-state index in [1.807, 2.05) is 0 Å². The second-order valence-electron chi connectivity index (χ2n) is 5.21. The predicted octanol–water partition coefficient (Wildman–Crippen LogP) is 4.50. The van der Waals surface area contributed by atoms with Crippen molar-refractivity contribution in [3.63, 3.8) is 0 Å². The molecule has 25 heavy (non-hydrogen) atoms. The first-order valence-corrected chi connectivity index (χ1v) is 7.47. The number of hydrogen-bond acceptors (Lipinski definition) is 4. The molecule has 3 aromatic rings. The van der Waals surface area contributed by atoms with Gasteiger partial charge in [0, 0.05) is 29.0 Å². The zero-order chi connectivity index (χ0) is 18.0. The molecule has 2 heterocycles. The van der Waals surface area contributed by atoms with E-state index in [0.717, 1.165) is 12.1 Å². The van der Waals surface area contributed by atoms with E-state index in [1.165, 1.54) is 6.07 Å². The summed E-state index contributed by atoms with van der Waals surface area (Å²) in [6.07, 6.45) is -1.35. The highest BCUT2D eigenvalue weighted by atomic mass is 19.4. The predicted molar refractivity (Wildman–Crippen MR) is 86.8 cm³/mol. The highest BCUT2D eigenvalue weighted by Gasteiger charge is 2.31. The van der Waals surface area contributed by atoms with Gasteiger partial charge in [-0.05, 0) is 31.2 Å². The van der Waals surface area contributed by atoms with Gasteiger partial charge in [0.2, 0.25) is 0 Å². The first kappa shape index (κ1) is 16.8. The Morgan fingerprint density at radius 3 is 2.60 bits per heavy atom. The minimum Gasteiger partial charge on any atom is -0.461 e. The Morgan fingerprint density at radius 2 is 1.96 bits per heavy atom. The molecule has 0 fully saturated rings. The average molecular weight is 349 g/mol. The molecule has 0 amide bonds. The summed E-state index contributed by atoms with van der Waals surface area (Å²) >= 11 is 0. The topological polar surface area (TPSA) is 67.0 Å². The van der Waals surface area contributed by atoms with Crippen LogP contribution < -0.4 is 5.32 Å². The standard InChI is InChI=1S/C17H14F3N3O2/c1-2-25-16(24)15-14(22-11-5-7-21-8-6-11)12-4-3-10(17(18,19)20)9-13(12)23-15/h3-9,23H,2H2,1H3,(H,21,22). The number of halogens is 3. The molecule has 130 valence electrons. The van der Waals surface area contributed by atoms with E-state index < -0.39 is 17.7 Å². The number of hydrogen-bond donors (Lipinski definition) is 2. The van der Waals surface area contributed by atoms with Crippen molar-refractivity contribution in [2.45, 2.75) is 13.1 Å². The number of pyridine rings is 1. The largest absolute Gasteiger partial charge is 0.461 e. The quantitative estimate of drug-likeness (QED) is 0.681. The molecule has 0 radical (unpaired) electrons. The smallest absolute Gasteiger partial charge is 0.416 e. The molecular formula is C17H14F3N3O2. The number of ether oxygens (including phenoxy) is 1. The molecule has 8 heteroatoms. The van der Waals surface area contributed by atoms with E-state index in [1.54, 1.807) is 31.5 Å². The maximum absolute atomic E-state index is 12.9. The number of benzene rings is 1. The van der Waals surface area contributed by atoms with Crippen molar-refractivity contribution in [3.8, 4) is 0 Å². The second-order valence-corrected chi connectivity index (χ2v) is 5.21. The molecule has 1 aromatic carbocycles. The van der Waals surface area contributed by atoms with Gasteiger partial charge >= 0.3 is 12.1 Å². The molecule has 3 rings (SSSR count). The lowest BCUT2D eigenvalue weighted by molar-refractivity contribution is -0.137. The number of nitrogens with one attached hydrogen (secondary N) is 2. The van der Waals surface area contributed by atoms with Crippen molar-refractivity contribution in [2.24, 2.45) is 0 Å². The number of anilines is 2. The lowest BCUT2D eigenvalue weighted by Crippen LogP contribution is -2.07. The molecule has 0 spiro atoms. The molecular weight excluding hydrogens is 335 g/mol. The van der Waals surface area contributed by atoms with Crippen LogP contribution in [0.5, 0.6) is 0 Å². The molecule has 0 aliphatic heterocycles. The molecule has 2 aromatic heterocycles. The van der Waals surface area contributed by atoms with Gasteiger partial charge in [0.15, 0.2) is 0 Å². The highest BCUT2D eigenvalue weighted by molar-refractivity contribution is 6.07. The van der Waals surface area contributed by atoms with Gasteiger partial charge in [-0.2, -0.15) is 13.2 Å². The fraction of sp³-hybridized carbons (Fsp3) is 0.176. The summed E-state index contributed by atoms with van der Waals surface area (Å²) in [5, 5.41) is 3.49. The first-order chi connectivity index (χ1) is 11.9. The summed E-state index contributed by atoms with van der Waals surface area (Å²) in [7, 11) is 0. The van der Waals surface area contributed by atoms with Crippen molar-refractivity contribution in [1.82, 2.24) is 9.97 Å². The maximum atomic E-state index is 12.9. The third-order valence-electron chi connectivity index (χ3n) is 3.56. The summed E-state index contributed by atoms with van der Waals surface area (Å²) in [5.74, 6) is -0.649. The highest BCUT2D eigenvalue weighted by Crippen LogP contribution is 2.36. The molecule has 0 saturated heterocycles. The minimum atomic E-state index is -4.47. The molecule has 0 bridgehead atoms. The van der Waals surface area contributed by atoms with Crippen LogP contribution in [0.4, 0.5) is 24.5 Å². The zero-order valence-electron chi connectivity index (χ0n) is 13.1. The van der Waals surface area contributed by atoms with Gasteiger partial charge in [0.05, 0.1) is 17.9 Å². The molecule has 0 atom stereocenters. The SMILES string of the molecule is CCOC(=O)c1[nH]c2cc(C(F)(F)F)ccc2c1Nc1ccncc1. The number of carbonyl (C=O) groups excluding carboxylic acids is 1. The van der Waals surface area contributed by atoms with Crippen molar-refractivity contribution in [1.29, 1.82) is 0 Å². The fourth-order valence-electron chi connectivity index (χ4n) is 2.44. The Hall–Kier alpha value is -3.03. The third-order valence-corrected chi connectivity index (χ3v) is 3.56. The summed E-state index contributed by atoms with van der Waals surface area (Å²) in [5.41, 5.74) is 0.448. The van der Waals surface area contributed by atoms with Crippen LogP contribution in [0.15, 0.2) is 42.7 Å². The third kappa shape index (κ3) is 3.42. The Kier molecular flexibility index (Phi) is 4.35. The van der Waals surface area contributed by atoms with Crippen molar-refractivity contribution >= 4 is 28.2 Å². The summed E-state index contributed by atoms with van der Waals surface area (Å²) in [6.45, 7) is 1.80. The van der Waals surface area contributed by atoms with Gasteiger partial charge in [-0.25, -0.2) is 4.79 Å². The number of carbonyl (C=O) groups is 1. The van der Waals surface area contributed by atoms with Gasteiger partial charge in [0.25, 0.3) is 0 Å². The maximum Gasteiger partial charge on any atom is 0.416 e. The molecule has 0 aliphatic carbocycles. The van der Waals surface area contributed by atoms with E-state index in [9.17, 15) is 18.0 Å². The van der Waals surface area contributed by atoms with Gasteiger partial charge in [-0.15, -0.1) is 0 Å². The fourth-order valence-corrected chi connectivity index (χ4v) is 2.44. The lowest BCUT2D eigenvalue weighted by atomic mass is 10.1.